The van der Waals surface area contributed by atoms with Gasteiger partial charge in [-0.3, -0.25) is 9.59 Å². The SMILES string of the molecule is COC(=O)c1cc(Cl)ccc1NC(=O)CSCC(=O)Nc1ccccc1Oc1ccccc1. The Morgan fingerprint density at radius 2 is 1.48 bits per heavy atom. The van der Waals surface area contributed by atoms with Gasteiger partial charge in [0.25, 0.3) is 0 Å². The van der Waals surface area contributed by atoms with Gasteiger partial charge in [0.15, 0.2) is 5.75 Å². The number of rotatable bonds is 9. The van der Waals surface area contributed by atoms with Gasteiger partial charge in [-0.15, -0.1) is 11.8 Å². The quantitative estimate of drug-likeness (QED) is 0.404. The Kier molecular flexibility index (Phi) is 8.74. The van der Waals surface area contributed by atoms with Gasteiger partial charge in [-0.2, -0.15) is 0 Å². The van der Waals surface area contributed by atoms with Crippen molar-refractivity contribution in [3.05, 3.63) is 83.4 Å². The molecule has 0 spiro atoms. The van der Waals surface area contributed by atoms with E-state index in [0.29, 0.717) is 22.2 Å². The Morgan fingerprint density at radius 1 is 0.848 bits per heavy atom. The third kappa shape index (κ3) is 7.27. The number of carbonyl (C=O) groups is 3. The predicted octanol–water partition coefficient (Wildman–Crippen LogP) is 5.23. The van der Waals surface area contributed by atoms with Crippen molar-refractivity contribution in [2.24, 2.45) is 0 Å². The largest absolute Gasteiger partial charge is 0.465 e. The predicted molar refractivity (Wildman–Crippen MR) is 130 cm³/mol. The molecule has 170 valence electrons. The fourth-order valence-electron chi connectivity index (χ4n) is 2.79. The molecule has 0 unspecified atom stereocenters. The van der Waals surface area contributed by atoms with Gasteiger partial charge in [0.2, 0.25) is 11.8 Å². The zero-order valence-electron chi connectivity index (χ0n) is 17.7. The first kappa shape index (κ1) is 24.2. The molecule has 0 saturated heterocycles. The summed E-state index contributed by atoms with van der Waals surface area (Å²) < 4.78 is 10.5. The molecule has 0 saturated carbocycles. The lowest BCUT2D eigenvalue weighted by molar-refractivity contribution is -0.114. The molecule has 2 amide bonds. The van der Waals surface area contributed by atoms with Crippen molar-refractivity contribution in [2.75, 3.05) is 29.2 Å². The number of anilines is 2. The molecule has 0 aliphatic rings. The minimum absolute atomic E-state index is 0.0127. The highest BCUT2D eigenvalue weighted by Gasteiger charge is 2.15. The number of esters is 1. The van der Waals surface area contributed by atoms with Gasteiger partial charge < -0.3 is 20.1 Å². The van der Waals surface area contributed by atoms with Crippen molar-refractivity contribution >= 4 is 52.5 Å². The lowest BCUT2D eigenvalue weighted by Gasteiger charge is -2.12. The van der Waals surface area contributed by atoms with Crippen molar-refractivity contribution in [1.29, 1.82) is 0 Å². The normalized spacial score (nSPS) is 10.2. The van der Waals surface area contributed by atoms with Crippen LogP contribution in [0.15, 0.2) is 72.8 Å². The smallest absolute Gasteiger partial charge is 0.340 e. The van der Waals surface area contributed by atoms with Gasteiger partial charge >= 0.3 is 5.97 Å². The average molecular weight is 485 g/mol. The number of benzene rings is 3. The molecule has 7 nitrogen and oxygen atoms in total. The first-order valence-corrected chi connectivity index (χ1v) is 11.4. The molecule has 2 N–H and O–H groups in total. The molecule has 0 heterocycles. The number of amides is 2. The van der Waals surface area contributed by atoms with E-state index in [1.165, 1.54) is 19.2 Å². The van der Waals surface area contributed by atoms with Crippen LogP contribution in [0.1, 0.15) is 10.4 Å². The van der Waals surface area contributed by atoms with E-state index >= 15 is 0 Å². The second-order valence-corrected chi connectivity index (χ2v) is 8.10. The summed E-state index contributed by atoms with van der Waals surface area (Å²) in [5, 5.41) is 5.79. The molecule has 0 aliphatic heterocycles. The second kappa shape index (κ2) is 11.9. The van der Waals surface area contributed by atoms with Crippen LogP contribution < -0.4 is 15.4 Å². The maximum Gasteiger partial charge on any atom is 0.340 e. The Morgan fingerprint density at radius 3 is 2.18 bits per heavy atom. The molecular formula is C24H21ClN2O5S. The van der Waals surface area contributed by atoms with Gasteiger partial charge in [-0.1, -0.05) is 41.9 Å². The average Bonchev–Trinajstić information content (AvgIpc) is 2.81. The summed E-state index contributed by atoms with van der Waals surface area (Å²) in [6.07, 6.45) is 0. The number of thioether (sulfide) groups is 1. The number of methoxy groups -OCH3 is 1. The fourth-order valence-corrected chi connectivity index (χ4v) is 3.58. The Balaban J connectivity index is 1.52. The molecule has 33 heavy (non-hydrogen) atoms. The van der Waals surface area contributed by atoms with Crippen LogP contribution in [-0.2, 0) is 14.3 Å². The number of nitrogens with one attached hydrogen (secondary N) is 2. The number of carbonyl (C=O) groups excluding carboxylic acids is 3. The highest BCUT2D eigenvalue weighted by atomic mass is 35.5. The Hall–Kier alpha value is -3.49. The van der Waals surface area contributed by atoms with E-state index in [4.69, 9.17) is 21.1 Å². The van der Waals surface area contributed by atoms with Crippen LogP contribution in [0, 0.1) is 0 Å². The molecule has 9 heteroatoms. The first-order valence-electron chi connectivity index (χ1n) is 9.83. The molecule has 0 fully saturated rings. The Labute approximate surface area is 200 Å². The highest BCUT2D eigenvalue weighted by molar-refractivity contribution is 8.00. The van der Waals surface area contributed by atoms with Crippen LogP contribution in [0.5, 0.6) is 11.5 Å². The van der Waals surface area contributed by atoms with Crippen LogP contribution in [-0.4, -0.2) is 36.4 Å². The number of para-hydroxylation sites is 3. The highest BCUT2D eigenvalue weighted by Crippen LogP contribution is 2.29. The lowest BCUT2D eigenvalue weighted by Crippen LogP contribution is -2.20. The molecule has 3 aromatic rings. The maximum atomic E-state index is 12.4. The number of ether oxygens (including phenoxy) is 2. The van der Waals surface area contributed by atoms with Crippen LogP contribution in [0.25, 0.3) is 0 Å². The monoisotopic (exact) mass is 484 g/mol. The van der Waals surface area contributed by atoms with Gasteiger partial charge in [-0.25, -0.2) is 4.79 Å². The van der Waals surface area contributed by atoms with Gasteiger partial charge in [0.1, 0.15) is 5.75 Å². The topological polar surface area (TPSA) is 93.7 Å². The summed E-state index contributed by atoms with van der Waals surface area (Å²) in [6.45, 7) is 0. The van der Waals surface area contributed by atoms with Crippen LogP contribution in [0.3, 0.4) is 0 Å². The van der Waals surface area contributed by atoms with Crippen molar-refractivity contribution < 1.29 is 23.9 Å². The summed E-state index contributed by atoms with van der Waals surface area (Å²) in [7, 11) is 1.24. The van der Waals surface area contributed by atoms with E-state index in [1.54, 1.807) is 24.3 Å². The van der Waals surface area contributed by atoms with E-state index in [9.17, 15) is 14.4 Å². The standard InChI is InChI=1S/C24H21ClN2O5S/c1-31-24(30)18-13-16(25)11-12-19(18)26-22(28)14-33-15-23(29)27-20-9-5-6-10-21(20)32-17-7-3-2-4-8-17/h2-13H,14-15H2,1H3,(H,26,28)(H,27,29). The van der Waals surface area contributed by atoms with E-state index in [2.05, 4.69) is 10.6 Å². The summed E-state index contributed by atoms with van der Waals surface area (Å²) in [5.74, 6) is -0.0317. The third-order valence-corrected chi connectivity index (χ3v) is 5.43. The molecule has 0 atom stereocenters. The molecule has 0 bridgehead atoms. The van der Waals surface area contributed by atoms with Gasteiger partial charge in [0, 0.05) is 5.02 Å². The maximum absolute atomic E-state index is 12.4. The minimum atomic E-state index is -0.615. The first-order chi connectivity index (χ1) is 16.0. The zero-order valence-corrected chi connectivity index (χ0v) is 19.2. The van der Waals surface area contributed by atoms with Crippen molar-refractivity contribution in [3.63, 3.8) is 0 Å². The van der Waals surface area contributed by atoms with E-state index in [-0.39, 0.29) is 34.6 Å². The molecule has 3 rings (SSSR count). The summed E-state index contributed by atoms with van der Waals surface area (Å²) in [6, 6.07) is 20.8. The molecule has 3 aromatic carbocycles. The molecule has 0 aromatic heterocycles. The number of halogens is 1. The Bertz CT molecular complexity index is 1140. The van der Waals surface area contributed by atoms with E-state index in [1.807, 2.05) is 36.4 Å². The van der Waals surface area contributed by atoms with Crippen molar-refractivity contribution in [3.8, 4) is 11.5 Å². The molecule has 0 radical (unpaired) electrons. The molecular weight excluding hydrogens is 464 g/mol. The minimum Gasteiger partial charge on any atom is -0.465 e. The van der Waals surface area contributed by atoms with E-state index in [0.717, 1.165) is 11.8 Å². The van der Waals surface area contributed by atoms with E-state index < -0.39 is 5.97 Å². The number of hydrogen-bond acceptors (Lipinski definition) is 6. The summed E-state index contributed by atoms with van der Waals surface area (Å²) in [4.78, 5) is 36.6. The fraction of sp³-hybridized carbons (Fsp3) is 0.125. The van der Waals surface area contributed by atoms with Crippen LogP contribution in [0.2, 0.25) is 5.02 Å². The van der Waals surface area contributed by atoms with Crippen molar-refractivity contribution in [2.45, 2.75) is 0 Å². The lowest BCUT2D eigenvalue weighted by atomic mass is 10.2. The molecule has 0 aliphatic carbocycles. The second-order valence-electron chi connectivity index (χ2n) is 6.68. The summed E-state index contributed by atoms with van der Waals surface area (Å²) >= 11 is 7.05. The van der Waals surface area contributed by atoms with Gasteiger partial charge in [-0.05, 0) is 42.5 Å². The summed E-state index contributed by atoms with van der Waals surface area (Å²) in [5.41, 5.74) is 0.963. The van der Waals surface area contributed by atoms with Crippen molar-refractivity contribution in [1.82, 2.24) is 0 Å². The van der Waals surface area contributed by atoms with Crippen LogP contribution >= 0.6 is 23.4 Å². The zero-order chi connectivity index (χ0) is 23.6. The number of hydrogen-bond donors (Lipinski definition) is 2. The third-order valence-electron chi connectivity index (χ3n) is 4.26. The van der Waals surface area contributed by atoms with Gasteiger partial charge in [0.05, 0.1) is 35.6 Å². The van der Waals surface area contributed by atoms with Crippen LogP contribution in [0.4, 0.5) is 11.4 Å².